The van der Waals surface area contributed by atoms with Crippen molar-refractivity contribution in [3.63, 3.8) is 0 Å². The van der Waals surface area contributed by atoms with E-state index in [9.17, 15) is 4.79 Å². The van der Waals surface area contributed by atoms with Crippen molar-refractivity contribution in [1.29, 1.82) is 0 Å². The number of carbonyl (C=O) groups is 1. The fourth-order valence-electron chi connectivity index (χ4n) is 1.84. The summed E-state index contributed by atoms with van der Waals surface area (Å²) < 4.78 is 1.79. The highest BCUT2D eigenvalue weighted by atomic mass is 32.2. The summed E-state index contributed by atoms with van der Waals surface area (Å²) in [4.78, 5) is 13.3. The van der Waals surface area contributed by atoms with Crippen LogP contribution < -0.4 is 5.32 Å². The molecule has 0 bridgehead atoms. The molecule has 0 atom stereocenters. The number of nitrogens with one attached hydrogen (secondary N) is 1. The second-order valence-corrected chi connectivity index (χ2v) is 5.26. The number of hydrogen-bond donors (Lipinski definition) is 1. The van der Waals surface area contributed by atoms with E-state index in [2.05, 4.69) is 10.4 Å². The molecule has 0 unspecified atom stereocenters. The number of amides is 1. The van der Waals surface area contributed by atoms with Crippen molar-refractivity contribution in [1.82, 2.24) is 9.78 Å². The SMILES string of the molecule is CSc1ccccc1C(=O)Nc1ccnn1C(C)C. The topological polar surface area (TPSA) is 46.9 Å². The van der Waals surface area contributed by atoms with Crippen LogP contribution in [0.2, 0.25) is 0 Å². The summed E-state index contributed by atoms with van der Waals surface area (Å²) in [5.41, 5.74) is 0.687. The lowest BCUT2D eigenvalue weighted by molar-refractivity contribution is 0.102. The van der Waals surface area contributed by atoms with Crippen LogP contribution in [0.1, 0.15) is 30.2 Å². The van der Waals surface area contributed by atoms with Crippen LogP contribution in [-0.2, 0) is 0 Å². The Morgan fingerprint density at radius 2 is 2.05 bits per heavy atom. The molecule has 0 spiro atoms. The summed E-state index contributed by atoms with van der Waals surface area (Å²) >= 11 is 1.56. The van der Waals surface area contributed by atoms with Gasteiger partial charge in [0.05, 0.1) is 11.8 Å². The van der Waals surface area contributed by atoms with Gasteiger partial charge in [-0.15, -0.1) is 11.8 Å². The fraction of sp³-hybridized carbons (Fsp3) is 0.286. The zero-order chi connectivity index (χ0) is 13.8. The highest BCUT2D eigenvalue weighted by Gasteiger charge is 2.13. The molecule has 4 nitrogen and oxygen atoms in total. The number of benzene rings is 1. The molecule has 0 aliphatic carbocycles. The van der Waals surface area contributed by atoms with E-state index >= 15 is 0 Å². The Labute approximate surface area is 117 Å². The summed E-state index contributed by atoms with van der Waals surface area (Å²) in [6.45, 7) is 4.05. The van der Waals surface area contributed by atoms with E-state index in [1.165, 1.54) is 0 Å². The van der Waals surface area contributed by atoms with E-state index in [1.54, 1.807) is 28.7 Å². The van der Waals surface area contributed by atoms with Gasteiger partial charge < -0.3 is 5.32 Å². The van der Waals surface area contributed by atoms with Gasteiger partial charge in [-0.25, -0.2) is 4.68 Å². The number of rotatable bonds is 4. The quantitative estimate of drug-likeness (QED) is 0.869. The van der Waals surface area contributed by atoms with Gasteiger partial charge in [-0.3, -0.25) is 4.79 Å². The van der Waals surface area contributed by atoms with Crippen LogP contribution in [0.4, 0.5) is 5.82 Å². The average molecular weight is 275 g/mol. The second-order valence-electron chi connectivity index (χ2n) is 4.41. The van der Waals surface area contributed by atoms with Crippen molar-refractivity contribution < 1.29 is 4.79 Å². The summed E-state index contributed by atoms with van der Waals surface area (Å²) in [7, 11) is 0. The van der Waals surface area contributed by atoms with Crippen LogP contribution in [0.25, 0.3) is 0 Å². The maximum absolute atomic E-state index is 12.3. The Kier molecular flexibility index (Phi) is 4.27. The van der Waals surface area contributed by atoms with Gasteiger partial charge in [0, 0.05) is 17.0 Å². The summed E-state index contributed by atoms with van der Waals surface area (Å²) in [6, 6.07) is 9.59. The predicted molar refractivity (Wildman–Crippen MR) is 78.8 cm³/mol. The number of carbonyl (C=O) groups excluding carboxylic acids is 1. The van der Waals surface area contributed by atoms with Crippen LogP contribution in [-0.4, -0.2) is 21.9 Å². The lowest BCUT2D eigenvalue weighted by Gasteiger charge is -2.12. The van der Waals surface area contributed by atoms with Crippen LogP contribution in [0, 0.1) is 0 Å². The molecule has 0 saturated heterocycles. The van der Waals surface area contributed by atoms with E-state index in [0.29, 0.717) is 5.56 Å². The van der Waals surface area contributed by atoms with Gasteiger partial charge in [0.25, 0.3) is 5.91 Å². The number of anilines is 1. The Morgan fingerprint density at radius 3 is 2.74 bits per heavy atom. The molecule has 0 radical (unpaired) electrons. The zero-order valence-corrected chi connectivity index (χ0v) is 12.1. The first-order chi connectivity index (χ1) is 9.13. The fourth-order valence-corrected chi connectivity index (χ4v) is 2.44. The lowest BCUT2D eigenvalue weighted by atomic mass is 10.2. The van der Waals surface area contributed by atoms with Crippen molar-refractivity contribution >= 4 is 23.5 Å². The molecule has 1 aromatic carbocycles. The lowest BCUT2D eigenvalue weighted by Crippen LogP contribution is -2.17. The Morgan fingerprint density at radius 1 is 1.32 bits per heavy atom. The summed E-state index contributed by atoms with van der Waals surface area (Å²) in [5, 5.41) is 7.11. The summed E-state index contributed by atoms with van der Waals surface area (Å²) in [6.07, 6.45) is 3.65. The molecule has 0 fully saturated rings. The molecular weight excluding hydrogens is 258 g/mol. The van der Waals surface area contributed by atoms with Gasteiger partial charge in [-0.1, -0.05) is 12.1 Å². The molecule has 1 amide bonds. The standard InChI is InChI=1S/C14H17N3OS/c1-10(2)17-13(8-9-15-17)16-14(18)11-6-4-5-7-12(11)19-3/h4-10H,1-3H3,(H,16,18). The summed E-state index contributed by atoms with van der Waals surface area (Å²) in [5.74, 6) is 0.614. The number of hydrogen-bond acceptors (Lipinski definition) is 3. The second kappa shape index (κ2) is 5.93. The first kappa shape index (κ1) is 13.7. The Hall–Kier alpha value is -1.75. The maximum atomic E-state index is 12.3. The normalized spacial score (nSPS) is 10.7. The van der Waals surface area contributed by atoms with E-state index in [4.69, 9.17) is 0 Å². The van der Waals surface area contributed by atoms with Gasteiger partial charge in [0.1, 0.15) is 5.82 Å². The van der Waals surface area contributed by atoms with Gasteiger partial charge >= 0.3 is 0 Å². The zero-order valence-electron chi connectivity index (χ0n) is 11.3. The van der Waals surface area contributed by atoms with Crippen LogP contribution in [0.15, 0.2) is 41.4 Å². The minimum absolute atomic E-state index is 0.104. The van der Waals surface area contributed by atoms with E-state index in [-0.39, 0.29) is 11.9 Å². The molecule has 2 aromatic rings. The van der Waals surface area contributed by atoms with Gasteiger partial charge in [0.2, 0.25) is 0 Å². The first-order valence-electron chi connectivity index (χ1n) is 6.11. The minimum atomic E-state index is -0.104. The van der Waals surface area contributed by atoms with Gasteiger partial charge in [0.15, 0.2) is 0 Å². The highest BCUT2D eigenvalue weighted by molar-refractivity contribution is 7.98. The number of thioether (sulfide) groups is 1. The third-order valence-electron chi connectivity index (χ3n) is 2.75. The minimum Gasteiger partial charge on any atom is -0.307 e. The van der Waals surface area contributed by atoms with Crippen molar-refractivity contribution in [2.75, 3.05) is 11.6 Å². The average Bonchev–Trinajstić information content (AvgIpc) is 2.87. The van der Waals surface area contributed by atoms with E-state index < -0.39 is 0 Å². The molecule has 19 heavy (non-hydrogen) atoms. The molecule has 1 heterocycles. The number of aromatic nitrogens is 2. The van der Waals surface area contributed by atoms with Gasteiger partial charge in [-0.05, 0) is 32.2 Å². The largest absolute Gasteiger partial charge is 0.307 e. The molecule has 5 heteroatoms. The van der Waals surface area contributed by atoms with Crippen molar-refractivity contribution in [3.05, 3.63) is 42.1 Å². The molecular formula is C14H17N3OS. The molecule has 0 saturated carbocycles. The molecule has 100 valence electrons. The molecule has 2 rings (SSSR count). The van der Waals surface area contributed by atoms with Crippen LogP contribution >= 0.6 is 11.8 Å². The molecule has 1 N–H and O–H groups in total. The molecule has 0 aliphatic rings. The van der Waals surface area contributed by atoms with Crippen molar-refractivity contribution in [2.24, 2.45) is 0 Å². The smallest absolute Gasteiger partial charge is 0.257 e. The number of nitrogens with zero attached hydrogens (tertiary/aromatic N) is 2. The van der Waals surface area contributed by atoms with Crippen LogP contribution in [0.5, 0.6) is 0 Å². The first-order valence-corrected chi connectivity index (χ1v) is 7.34. The highest BCUT2D eigenvalue weighted by Crippen LogP contribution is 2.21. The molecule has 1 aromatic heterocycles. The Bertz CT molecular complexity index is 578. The van der Waals surface area contributed by atoms with Gasteiger partial charge in [-0.2, -0.15) is 5.10 Å². The molecule has 0 aliphatic heterocycles. The van der Waals surface area contributed by atoms with E-state index in [1.807, 2.05) is 44.4 Å². The third kappa shape index (κ3) is 2.98. The third-order valence-corrected chi connectivity index (χ3v) is 3.55. The Balaban J connectivity index is 2.23. The van der Waals surface area contributed by atoms with Crippen molar-refractivity contribution in [3.8, 4) is 0 Å². The van der Waals surface area contributed by atoms with Crippen LogP contribution in [0.3, 0.4) is 0 Å². The van der Waals surface area contributed by atoms with Crippen molar-refractivity contribution in [2.45, 2.75) is 24.8 Å². The monoisotopic (exact) mass is 275 g/mol. The predicted octanol–water partition coefficient (Wildman–Crippen LogP) is 3.44. The van der Waals surface area contributed by atoms with E-state index in [0.717, 1.165) is 10.7 Å². The maximum Gasteiger partial charge on any atom is 0.257 e.